The van der Waals surface area contributed by atoms with E-state index < -0.39 is 24.0 Å². The van der Waals surface area contributed by atoms with Gasteiger partial charge in [-0.2, -0.15) is 5.26 Å². The monoisotopic (exact) mass is 380 g/mol. The van der Waals surface area contributed by atoms with Crippen molar-refractivity contribution in [3.63, 3.8) is 0 Å². The van der Waals surface area contributed by atoms with Gasteiger partial charge < -0.3 is 14.8 Å². The Morgan fingerprint density at radius 3 is 2.50 bits per heavy atom. The third-order valence-electron chi connectivity index (χ3n) is 4.44. The number of hydrogen-bond acceptors (Lipinski definition) is 5. The standard InChI is InChI=1S/C22H24N2O4/c1-16(2)22(3,15-23)24-20(25)14-28-21(26)18-10-7-11-19(12-18)27-13-17-8-5-4-6-9-17/h4-12,16H,13-14H2,1-3H3,(H,24,25)/t22-/m1/s1. The summed E-state index contributed by atoms with van der Waals surface area (Å²) in [6, 6.07) is 18.3. The van der Waals surface area contributed by atoms with Crippen molar-refractivity contribution in [2.45, 2.75) is 32.9 Å². The van der Waals surface area contributed by atoms with Crippen LogP contribution in [0.3, 0.4) is 0 Å². The minimum Gasteiger partial charge on any atom is -0.489 e. The maximum absolute atomic E-state index is 12.2. The lowest BCUT2D eigenvalue weighted by atomic mass is 9.90. The van der Waals surface area contributed by atoms with Crippen molar-refractivity contribution in [3.8, 4) is 11.8 Å². The molecule has 0 saturated heterocycles. The SMILES string of the molecule is CC(C)[C@@](C)(C#N)NC(=O)COC(=O)c1cccc(OCc2ccccc2)c1. The van der Waals surface area contributed by atoms with E-state index in [0.29, 0.717) is 12.4 Å². The van der Waals surface area contributed by atoms with E-state index in [-0.39, 0.29) is 11.5 Å². The number of nitrogens with one attached hydrogen (secondary N) is 1. The number of carbonyl (C=O) groups is 2. The van der Waals surface area contributed by atoms with E-state index in [2.05, 4.69) is 11.4 Å². The van der Waals surface area contributed by atoms with Crippen LogP contribution in [0.5, 0.6) is 5.75 Å². The summed E-state index contributed by atoms with van der Waals surface area (Å²) in [5.74, 6) is -0.721. The van der Waals surface area contributed by atoms with Crippen LogP contribution in [0.2, 0.25) is 0 Å². The molecule has 2 aromatic rings. The quantitative estimate of drug-likeness (QED) is 0.709. The summed E-state index contributed by atoms with van der Waals surface area (Å²) in [7, 11) is 0. The Kier molecular flexibility index (Phi) is 7.16. The molecule has 0 bridgehead atoms. The Morgan fingerprint density at radius 2 is 1.86 bits per heavy atom. The number of nitrogens with zero attached hydrogens (tertiary/aromatic N) is 1. The Balaban J connectivity index is 1.90. The second-order valence-electron chi connectivity index (χ2n) is 6.90. The van der Waals surface area contributed by atoms with Crippen LogP contribution in [0.4, 0.5) is 0 Å². The smallest absolute Gasteiger partial charge is 0.338 e. The summed E-state index contributed by atoms with van der Waals surface area (Å²) in [5, 5.41) is 11.8. The fourth-order valence-electron chi connectivity index (χ4n) is 2.30. The fraction of sp³-hybridized carbons (Fsp3) is 0.318. The highest BCUT2D eigenvalue weighted by Crippen LogP contribution is 2.17. The van der Waals surface area contributed by atoms with E-state index in [9.17, 15) is 14.9 Å². The van der Waals surface area contributed by atoms with Crippen molar-refractivity contribution in [1.82, 2.24) is 5.32 Å². The number of carbonyl (C=O) groups excluding carboxylic acids is 2. The van der Waals surface area contributed by atoms with Gasteiger partial charge in [0.2, 0.25) is 0 Å². The van der Waals surface area contributed by atoms with Crippen LogP contribution in [0.25, 0.3) is 0 Å². The molecule has 146 valence electrons. The number of benzene rings is 2. The van der Waals surface area contributed by atoms with E-state index >= 15 is 0 Å². The lowest BCUT2D eigenvalue weighted by Crippen LogP contribution is -2.50. The Morgan fingerprint density at radius 1 is 1.14 bits per heavy atom. The summed E-state index contributed by atoms with van der Waals surface area (Å²) in [6.07, 6.45) is 0. The van der Waals surface area contributed by atoms with Crippen LogP contribution < -0.4 is 10.1 Å². The number of ether oxygens (including phenoxy) is 2. The van der Waals surface area contributed by atoms with Gasteiger partial charge in [-0.15, -0.1) is 0 Å². The molecule has 0 unspecified atom stereocenters. The van der Waals surface area contributed by atoms with Crippen molar-refractivity contribution in [2.24, 2.45) is 5.92 Å². The first-order valence-corrected chi connectivity index (χ1v) is 9.00. The summed E-state index contributed by atoms with van der Waals surface area (Å²) >= 11 is 0. The van der Waals surface area contributed by atoms with E-state index in [4.69, 9.17) is 9.47 Å². The second-order valence-corrected chi connectivity index (χ2v) is 6.90. The highest BCUT2D eigenvalue weighted by Gasteiger charge is 2.30. The third kappa shape index (κ3) is 5.85. The molecule has 0 saturated carbocycles. The first-order valence-electron chi connectivity index (χ1n) is 9.00. The summed E-state index contributed by atoms with van der Waals surface area (Å²) < 4.78 is 10.8. The normalized spacial score (nSPS) is 12.5. The average Bonchev–Trinajstić information content (AvgIpc) is 2.71. The van der Waals surface area contributed by atoms with Gasteiger partial charge in [-0.3, -0.25) is 4.79 Å². The lowest BCUT2D eigenvalue weighted by Gasteiger charge is -2.27. The number of rotatable bonds is 8. The minimum atomic E-state index is -1.02. The van der Waals surface area contributed by atoms with Crippen molar-refractivity contribution < 1.29 is 19.1 Å². The molecule has 2 rings (SSSR count). The number of amides is 1. The Bertz CT molecular complexity index is 858. The molecule has 1 N–H and O–H groups in total. The molecule has 2 aromatic carbocycles. The Hall–Kier alpha value is -3.33. The summed E-state index contributed by atoms with van der Waals surface area (Å²) in [6.45, 7) is 5.21. The van der Waals surface area contributed by atoms with Crippen molar-refractivity contribution in [3.05, 3.63) is 65.7 Å². The molecule has 0 aliphatic carbocycles. The van der Waals surface area contributed by atoms with Gasteiger partial charge >= 0.3 is 5.97 Å². The number of nitriles is 1. The molecule has 0 spiro atoms. The van der Waals surface area contributed by atoms with Crippen molar-refractivity contribution in [1.29, 1.82) is 5.26 Å². The zero-order valence-corrected chi connectivity index (χ0v) is 16.3. The van der Waals surface area contributed by atoms with Crippen LogP contribution in [-0.4, -0.2) is 24.0 Å². The van der Waals surface area contributed by atoms with Crippen LogP contribution >= 0.6 is 0 Å². The van der Waals surface area contributed by atoms with Gasteiger partial charge in [0, 0.05) is 0 Å². The van der Waals surface area contributed by atoms with E-state index in [1.54, 1.807) is 31.2 Å². The van der Waals surface area contributed by atoms with Crippen LogP contribution in [0, 0.1) is 17.2 Å². The molecule has 0 heterocycles. The van der Waals surface area contributed by atoms with E-state index in [1.807, 2.05) is 44.2 Å². The predicted octanol–water partition coefficient (Wildman–Crippen LogP) is 3.48. The fourth-order valence-corrected chi connectivity index (χ4v) is 2.30. The molecule has 1 atom stereocenters. The van der Waals surface area contributed by atoms with Crippen LogP contribution in [-0.2, 0) is 16.1 Å². The maximum atomic E-state index is 12.2. The largest absolute Gasteiger partial charge is 0.489 e. The molecular formula is C22H24N2O4. The van der Waals surface area contributed by atoms with Gasteiger partial charge in [0.25, 0.3) is 5.91 Å². The lowest BCUT2D eigenvalue weighted by molar-refractivity contribution is -0.125. The first-order chi connectivity index (χ1) is 13.3. The van der Waals surface area contributed by atoms with Gasteiger partial charge in [0.15, 0.2) is 6.61 Å². The second kappa shape index (κ2) is 9.56. The minimum absolute atomic E-state index is 0.0874. The van der Waals surface area contributed by atoms with Crippen molar-refractivity contribution in [2.75, 3.05) is 6.61 Å². The third-order valence-corrected chi connectivity index (χ3v) is 4.44. The Labute approximate surface area is 165 Å². The van der Waals surface area contributed by atoms with Crippen LogP contribution in [0.15, 0.2) is 54.6 Å². The highest BCUT2D eigenvalue weighted by molar-refractivity contribution is 5.91. The topological polar surface area (TPSA) is 88.4 Å². The molecule has 0 aliphatic rings. The van der Waals surface area contributed by atoms with Gasteiger partial charge in [-0.1, -0.05) is 50.2 Å². The van der Waals surface area contributed by atoms with Gasteiger partial charge in [-0.25, -0.2) is 4.79 Å². The molecule has 0 radical (unpaired) electrons. The molecule has 0 aromatic heterocycles. The van der Waals surface area contributed by atoms with Gasteiger partial charge in [0.1, 0.15) is 17.9 Å². The molecule has 0 fully saturated rings. The molecular weight excluding hydrogens is 356 g/mol. The molecule has 1 amide bonds. The first kappa shape index (κ1) is 21.0. The zero-order chi connectivity index (χ0) is 20.6. The predicted molar refractivity (Wildman–Crippen MR) is 104 cm³/mol. The molecule has 0 aliphatic heterocycles. The molecule has 6 heteroatoms. The average molecular weight is 380 g/mol. The molecule has 28 heavy (non-hydrogen) atoms. The number of esters is 1. The number of hydrogen-bond donors (Lipinski definition) is 1. The highest BCUT2D eigenvalue weighted by atomic mass is 16.5. The summed E-state index contributed by atoms with van der Waals surface area (Å²) in [4.78, 5) is 24.2. The van der Waals surface area contributed by atoms with E-state index in [1.165, 1.54) is 0 Å². The van der Waals surface area contributed by atoms with E-state index in [0.717, 1.165) is 5.56 Å². The van der Waals surface area contributed by atoms with Gasteiger partial charge in [0.05, 0.1) is 11.6 Å². The molecule has 6 nitrogen and oxygen atoms in total. The zero-order valence-electron chi connectivity index (χ0n) is 16.3. The van der Waals surface area contributed by atoms with Crippen LogP contribution in [0.1, 0.15) is 36.7 Å². The van der Waals surface area contributed by atoms with Crippen molar-refractivity contribution >= 4 is 11.9 Å². The summed E-state index contributed by atoms with van der Waals surface area (Å²) in [5.41, 5.74) is 0.275. The van der Waals surface area contributed by atoms with Gasteiger partial charge in [-0.05, 0) is 36.6 Å². The maximum Gasteiger partial charge on any atom is 0.338 e.